The fourth-order valence-electron chi connectivity index (χ4n) is 3.03. The lowest BCUT2D eigenvalue weighted by atomic mass is 10.0. The second-order valence-electron chi connectivity index (χ2n) is 6.02. The van der Waals surface area contributed by atoms with Crippen LogP contribution in [-0.4, -0.2) is 25.9 Å². The second kappa shape index (κ2) is 8.30. The molecule has 132 valence electrons. The molecular weight excluding hydrogens is 334 g/mol. The molecule has 1 aliphatic rings. The monoisotopic (exact) mass is 357 g/mol. The molecule has 5 heteroatoms. The normalized spacial score (nSPS) is 16.0. The molecular formula is C20H23NO3S. The maximum Gasteiger partial charge on any atom is 0.220 e. The molecule has 1 aliphatic heterocycles. The lowest BCUT2D eigenvalue weighted by Gasteiger charge is -2.25. The molecule has 1 atom stereocenters. The number of benzene rings is 2. The zero-order valence-corrected chi connectivity index (χ0v) is 15.4. The minimum absolute atomic E-state index is 0.0773. The fraction of sp³-hybridized carbons (Fsp3) is 0.350. The Kier molecular flexibility index (Phi) is 5.87. The van der Waals surface area contributed by atoms with E-state index < -0.39 is 0 Å². The molecule has 2 aromatic rings. The number of amides is 1. The Hall–Kier alpha value is -2.14. The zero-order valence-electron chi connectivity index (χ0n) is 14.6. The summed E-state index contributed by atoms with van der Waals surface area (Å²) in [6, 6.07) is 14.2. The van der Waals surface area contributed by atoms with Gasteiger partial charge in [-0.1, -0.05) is 18.2 Å². The predicted octanol–water partition coefficient (Wildman–Crippen LogP) is 3.99. The Labute approximate surface area is 152 Å². The first-order valence-electron chi connectivity index (χ1n) is 8.42. The quantitative estimate of drug-likeness (QED) is 0.849. The van der Waals surface area contributed by atoms with Crippen molar-refractivity contribution in [1.29, 1.82) is 0 Å². The maximum absolute atomic E-state index is 12.4. The van der Waals surface area contributed by atoms with Gasteiger partial charge < -0.3 is 14.8 Å². The van der Waals surface area contributed by atoms with Crippen molar-refractivity contribution in [2.75, 3.05) is 20.0 Å². The van der Waals surface area contributed by atoms with Gasteiger partial charge in [-0.25, -0.2) is 0 Å². The summed E-state index contributed by atoms with van der Waals surface area (Å²) in [7, 11) is 3.26. The molecule has 0 spiro atoms. The van der Waals surface area contributed by atoms with Crippen molar-refractivity contribution in [3.8, 4) is 11.5 Å². The standard InChI is InChI=1S/C20H23NO3S/c1-23-15-11-14(12-16(13-15)24-2)7-8-20(22)21-18-9-10-25-19-6-4-3-5-17(18)19/h3-6,11-13,18H,7-10H2,1-2H3,(H,21,22)/t18-/m1/s1. The van der Waals surface area contributed by atoms with Crippen molar-refractivity contribution < 1.29 is 14.3 Å². The van der Waals surface area contributed by atoms with Crippen LogP contribution in [0.3, 0.4) is 0 Å². The third-order valence-corrected chi connectivity index (χ3v) is 5.47. The molecule has 1 heterocycles. The average Bonchev–Trinajstić information content (AvgIpc) is 2.66. The Morgan fingerprint density at radius 1 is 1.16 bits per heavy atom. The number of hydrogen-bond acceptors (Lipinski definition) is 4. The first-order chi connectivity index (χ1) is 12.2. The third-order valence-electron chi connectivity index (χ3n) is 4.35. The molecule has 3 rings (SSSR count). The number of nitrogens with one attached hydrogen (secondary N) is 1. The van der Waals surface area contributed by atoms with E-state index in [0.717, 1.165) is 29.2 Å². The van der Waals surface area contributed by atoms with Gasteiger partial charge in [0, 0.05) is 23.1 Å². The van der Waals surface area contributed by atoms with E-state index in [2.05, 4.69) is 17.4 Å². The summed E-state index contributed by atoms with van der Waals surface area (Å²) in [6.07, 6.45) is 2.07. The van der Waals surface area contributed by atoms with Gasteiger partial charge in [0.05, 0.1) is 20.3 Å². The van der Waals surface area contributed by atoms with Crippen LogP contribution in [0.4, 0.5) is 0 Å². The highest BCUT2D eigenvalue weighted by atomic mass is 32.2. The van der Waals surface area contributed by atoms with E-state index in [1.807, 2.05) is 42.1 Å². The average molecular weight is 357 g/mol. The molecule has 1 amide bonds. The Balaban J connectivity index is 1.61. The molecule has 0 unspecified atom stereocenters. The molecule has 0 saturated heterocycles. The number of ether oxygens (including phenoxy) is 2. The molecule has 0 aromatic heterocycles. The summed E-state index contributed by atoms with van der Waals surface area (Å²) in [5.74, 6) is 2.60. The van der Waals surface area contributed by atoms with Crippen molar-refractivity contribution in [1.82, 2.24) is 5.32 Å². The van der Waals surface area contributed by atoms with E-state index in [-0.39, 0.29) is 11.9 Å². The molecule has 0 radical (unpaired) electrons. The summed E-state index contributed by atoms with van der Waals surface area (Å²) < 4.78 is 10.6. The minimum atomic E-state index is 0.0773. The highest BCUT2D eigenvalue weighted by Gasteiger charge is 2.21. The van der Waals surface area contributed by atoms with Crippen LogP contribution in [0.25, 0.3) is 0 Å². The Morgan fingerprint density at radius 3 is 2.60 bits per heavy atom. The van der Waals surface area contributed by atoms with E-state index in [4.69, 9.17) is 9.47 Å². The summed E-state index contributed by atoms with van der Waals surface area (Å²) in [5, 5.41) is 3.19. The molecule has 2 aromatic carbocycles. The molecule has 0 fully saturated rings. The van der Waals surface area contributed by atoms with E-state index in [9.17, 15) is 4.79 Å². The van der Waals surface area contributed by atoms with Crippen LogP contribution in [0.1, 0.15) is 30.0 Å². The van der Waals surface area contributed by atoms with Crippen molar-refractivity contribution >= 4 is 17.7 Å². The maximum atomic E-state index is 12.4. The van der Waals surface area contributed by atoms with Gasteiger partial charge in [0.25, 0.3) is 0 Å². The van der Waals surface area contributed by atoms with Gasteiger partial charge in [0.15, 0.2) is 0 Å². The smallest absolute Gasteiger partial charge is 0.220 e. The van der Waals surface area contributed by atoms with Crippen LogP contribution in [0.2, 0.25) is 0 Å². The topological polar surface area (TPSA) is 47.6 Å². The number of methoxy groups -OCH3 is 2. The molecule has 1 N–H and O–H groups in total. The van der Waals surface area contributed by atoms with Crippen molar-refractivity contribution in [3.05, 3.63) is 53.6 Å². The van der Waals surface area contributed by atoms with Crippen LogP contribution in [0, 0.1) is 0 Å². The van der Waals surface area contributed by atoms with Crippen LogP contribution < -0.4 is 14.8 Å². The summed E-state index contributed by atoms with van der Waals surface area (Å²) >= 11 is 1.86. The van der Waals surface area contributed by atoms with E-state index in [1.165, 1.54) is 10.5 Å². The first kappa shape index (κ1) is 17.7. The Morgan fingerprint density at radius 2 is 1.88 bits per heavy atom. The largest absolute Gasteiger partial charge is 0.497 e. The highest BCUT2D eigenvalue weighted by Crippen LogP contribution is 2.35. The number of carbonyl (C=O) groups excluding carboxylic acids is 1. The molecule has 0 aliphatic carbocycles. The van der Waals surface area contributed by atoms with Gasteiger partial charge in [0.1, 0.15) is 11.5 Å². The van der Waals surface area contributed by atoms with Gasteiger partial charge in [0.2, 0.25) is 5.91 Å². The number of thioether (sulfide) groups is 1. The number of carbonyl (C=O) groups is 1. The lowest BCUT2D eigenvalue weighted by Crippen LogP contribution is -2.30. The molecule has 0 bridgehead atoms. The van der Waals surface area contributed by atoms with E-state index in [0.29, 0.717) is 12.8 Å². The van der Waals surface area contributed by atoms with E-state index >= 15 is 0 Å². The van der Waals surface area contributed by atoms with E-state index in [1.54, 1.807) is 14.2 Å². The van der Waals surface area contributed by atoms with Crippen molar-refractivity contribution in [2.45, 2.75) is 30.2 Å². The number of rotatable bonds is 6. The number of hydrogen-bond donors (Lipinski definition) is 1. The van der Waals surface area contributed by atoms with Crippen LogP contribution in [0.5, 0.6) is 11.5 Å². The van der Waals surface area contributed by atoms with Gasteiger partial charge in [-0.3, -0.25) is 4.79 Å². The number of aryl methyl sites for hydroxylation is 1. The Bertz CT molecular complexity index is 725. The molecule has 4 nitrogen and oxygen atoms in total. The van der Waals surface area contributed by atoms with Crippen molar-refractivity contribution in [2.24, 2.45) is 0 Å². The zero-order chi connectivity index (χ0) is 17.6. The number of fused-ring (bicyclic) bond motifs is 1. The minimum Gasteiger partial charge on any atom is -0.497 e. The highest BCUT2D eigenvalue weighted by molar-refractivity contribution is 7.99. The molecule has 25 heavy (non-hydrogen) atoms. The lowest BCUT2D eigenvalue weighted by molar-refractivity contribution is -0.121. The van der Waals surface area contributed by atoms with Gasteiger partial charge >= 0.3 is 0 Å². The summed E-state index contributed by atoms with van der Waals surface area (Å²) in [5.41, 5.74) is 2.26. The SMILES string of the molecule is COc1cc(CCC(=O)N[C@@H]2CCSc3ccccc32)cc(OC)c1. The van der Waals surface area contributed by atoms with Crippen LogP contribution in [0.15, 0.2) is 47.4 Å². The van der Waals surface area contributed by atoms with Crippen LogP contribution >= 0.6 is 11.8 Å². The second-order valence-corrected chi connectivity index (χ2v) is 7.15. The van der Waals surface area contributed by atoms with Gasteiger partial charge in [-0.15, -0.1) is 11.8 Å². The van der Waals surface area contributed by atoms with Gasteiger partial charge in [-0.05, 0) is 42.2 Å². The van der Waals surface area contributed by atoms with Gasteiger partial charge in [-0.2, -0.15) is 0 Å². The van der Waals surface area contributed by atoms with Crippen LogP contribution in [-0.2, 0) is 11.2 Å². The van der Waals surface area contributed by atoms with Crippen molar-refractivity contribution in [3.63, 3.8) is 0 Å². The summed E-state index contributed by atoms with van der Waals surface area (Å²) in [6.45, 7) is 0. The first-order valence-corrected chi connectivity index (χ1v) is 9.41. The molecule has 0 saturated carbocycles. The fourth-order valence-corrected chi connectivity index (χ4v) is 4.15. The third kappa shape index (κ3) is 4.48. The summed E-state index contributed by atoms with van der Waals surface area (Å²) in [4.78, 5) is 13.7. The predicted molar refractivity (Wildman–Crippen MR) is 101 cm³/mol.